The average molecular weight is 330 g/mol. The van der Waals surface area contributed by atoms with Gasteiger partial charge in [0.15, 0.2) is 0 Å². The molecule has 1 aromatic heterocycles. The van der Waals surface area contributed by atoms with Crippen LogP contribution in [0.4, 0.5) is 0 Å². The number of halogens is 1. The van der Waals surface area contributed by atoms with Gasteiger partial charge in [-0.1, -0.05) is 17.7 Å². The van der Waals surface area contributed by atoms with Crippen molar-refractivity contribution in [2.24, 2.45) is 0 Å². The summed E-state index contributed by atoms with van der Waals surface area (Å²) < 4.78 is 0. The predicted molar refractivity (Wildman–Crippen MR) is 87.1 cm³/mol. The van der Waals surface area contributed by atoms with Crippen LogP contribution in [-0.4, -0.2) is 37.5 Å². The molecule has 1 unspecified atom stereocenters. The Kier molecular flexibility index (Phi) is 7.42. The highest BCUT2D eigenvalue weighted by atomic mass is 35.5. The van der Waals surface area contributed by atoms with Crippen molar-refractivity contribution in [2.45, 2.75) is 19.4 Å². The first-order valence-corrected chi connectivity index (χ1v) is 7.55. The molecule has 2 amide bonds. The lowest BCUT2D eigenvalue weighted by molar-refractivity contribution is -0.122. The highest BCUT2D eigenvalue weighted by molar-refractivity contribution is 7.12. The molecular weight excluding hydrogens is 310 g/mol. The van der Waals surface area contributed by atoms with Crippen LogP contribution in [0.25, 0.3) is 0 Å². The minimum absolute atomic E-state index is 0. The first-order chi connectivity index (χ1) is 9.66. The van der Waals surface area contributed by atoms with Crippen molar-refractivity contribution in [1.29, 1.82) is 0 Å². The molecule has 116 valence electrons. The molecule has 5 nitrogen and oxygen atoms in total. The number of amides is 2. The lowest BCUT2D eigenvalue weighted by Gasteiger charge is -2.17. The molecular formula is C14H20ClN3O2S. The number of thiophene rings is 1. The number of carbonyl (C=O) groups excluding carboxylic acids is 2. The molecule has 21 heavy (non-hydrogen) atoms. The van der Waals surface area contributed by atoms with Crippen molar-refractivity contribution in [3.63, 3.8) is 0 Å². The zero-order chi connectivity index (χ0) is 14.4. The maximum Gasteiger partial charge on any atom is 0.261 e. The highest BCUT2D eigenvalue weighted by Gasteiger charge is 2.17. The third-order valence-electron chi connectivity index (χ3n) is 3.13. The van der Waals surface area contributed by atoms with Crippen LogP contribution in [0.5, 0.6) is 0 Å². The van der Waals surface area contributed by atoms with Crippen molar-refractivity contribution in [3.05, 3.63) is 34.0 Å². The third-order valence-corrected chi connectivity index (χ3v) is 4.00. The predicted octanol–water partition coefficient (Wildman–Crippen LogP) is 1.32. The van der Waals surface area contributed by atoms with Crippen molar-refractivity contribution in [2.75, 3.05) is 19.6 Å². The molecule has 0 radical (unpaired) electrons. The number of carbonyl (C=O) groups is 2. The minimum Gasteiger partial charge on any atom is -0.351 e. The van der Waals surface area contributed by atoms with E-state index in [-0.39, 0.29) is 24.2 Å². The summed E-state index contributed by atoms with van der Waals surface area (Å²) in [5.41, 5.74) is 1.23. The highest BCUT2D eigenvalue weighted by Crippen LogP contribution is 2.08. The lowest BCUT2D eigenvalue weighted by Crippen LogP contribution is -2.45. The van der Waals surface area contributed by atoms with Gasteiger partial charge in [-0.25, -0.2) is 0 Å². The number of rotatable bonds is 5. The van der Waals surface area contributed by atoms with Gasteiger partial charge in [-0.3, -0.25) is 9.59 Å². The summed E-state index contributed by atoms with van der Waals surface area (Å²) in [7, 11) is 0. The van der Waals surface area contributed by atoms with E-state index in [1.165, 1.54) is 16.9 Å². The summed E-state index contributed by atoms with van der Waals surface area (Å²) in [6.07, 6.45) is 3.05. The van der Waals surface area contributed by atoms with E-state index in [1.807, 2.05) is 11.4 Å². The molecule has 1 aliphatic rings. The molecule has 2 heterocycles. The van der Waals surface area contributed by atoms with Crippen LogP contribution >= 0.6 is 23.7 Å². The second-order valence-corrected chi connectivity index (χ2v) is 5.65. The summed E-state index contributed by atoms with van der Waals surface area (Å²) >= 11 is 1.36. The van der Waals surface area contributed by atoms with E-state index in [2.05, 4.69) is 22.0 Å². The molecule has 0 bridgehead atoms. The summed E-state index contributed by atoms with van der Waals surface area (Å²) in [6, 6.07) is 3.02. The van der Waals surface area contributed by atoms with Gasteiger partial charge in [0, 0.05) is 13.1 Å². The van der Waals surface area contributed by atoms with E-state index in [4.69, 9.17) is 0 Å². The van der Waals surface area contributed by atoms with E-state index < -0.39 is 6.04 Å². The van der Waals surface area contributed by atoms with Gasteiger partial charge in [0.2, 0.25) is 5.91 Å². The normalized spacial score (nSPS) is 15.4. The van der Waals surface area contributed by atoms with Crippen molar-refractivity contribution >= 4 is 35.6 Å². The van der Waals surface area contributed by atoms with Gasteiger partial charge >= 0.3 is 0 Å². The SMILES string of the molecule is CC(NC(=O)c1cccs1)C(=O)NCC1=CCNCC1.Cl. The molecule has 0 aromatic carbocycles. The Morgan fingerprint density at radius 1 is 1.48 bits per heavy atom. The third kappa shape index (κ3) is 5.49. The number of hydrogen-bond donors (Lipinski definition) is 3. The van der Waals surface area contributed by atoms with E-state index >= 15 is 0 Å². The fourth-order valence-corrected chi connectivity index (χ4v) is 2.55. The van der Waals surface area contributed by atoms with Gasteiger partial charge in [-0.2, -0.15) is 0 Å². The van der Waals surface area contributed by atoms with Gasteiger partial charge in [-0.15, -0.1) is 23.7 Å². The molecule has 0 saturated carbocycles. The molecule has 0 aliphatic carbocycles. The van der Waals surface area contributed by atoms with Crippen LogP contribution in [0.2, 0.25) is 0 Å². The number of nitrogens with one attached hydrogen (secondary N) is 3. The maximum atomic E-state index is 11.9. The van der Waals surface area contributed by atoms with Gasteiger partial charge in [0.1, 0.15) is 6.04 Å². The molecule has 0 fully saturated rings. The van der Waals surface area contributed by atoms with E-state index in [1.54, 1.807) is 13.0 Å². The largest absolute Gasteiger partial charge is 0.351 e. The van der Waals surface area contributed by atoms with Crippen LogP contribution in [0.15, 0.2) is 29.2 Å². The Morgan fingerprint density at radius 3 is 2.90 bits per heavy atom. The maximum absolute atomic E-state index is 11.9. The fourth-order valence-electron chi connectivity index (χ4n) is 1.92. The summed E-state index contributed by atoms with van der Waals surface area (Å²) in [4.78, 5) is 24.4. The van der Waals surface area contributed by atoms with Gasteiger partial charge in [0.05, 0.1) is 4.88 Å². The van der Waals surface area contributed by atoms with Gasteiger partial charge in [-0.05, 0) is 31.3 Å². The van der Waals surface area contributed by atoms with E-state index in [9.17, 15) is 9.59 Å². The average Bonchev–Trinajstić information content (AvgIpc) is 3.00. The van der Waals surface area contributed by atoms with Crippen molar-refractivity contribution < 1.29 is 9.59 Å². The number of hydrogen-bond acceptors (Lipinski definition) is 4. The Balaban J connectivity index is 0.00000220. The first kappa shape index (κ1) is 17.7. The Bertz CT molecular complexity index is 502. The second-order valence-electron chi connectivity index (χ2n) is 4.71. The summed E-state index contributed by atoms with van der Waals surface area (Å²) in [5.74, 6) is -0.363. The molecule has 0 saturated heterocycles. The zero-order valence-electron chi connectivity index (χ0n) is 11.8. The monoisotopic (exact) mass is 329 g/mol. The standard InChI is InChI=1S/C14H19N3O2S.ClH/c1-10(17-14(19)12-3-2-8-20-12)13(18)16-9-11-4-6-15-7-5-11;/h2-4,8,10,15H,5-7,9H2,1H3,(H,16,18)(H,17,19);1H. The van der Waals surface area contributed by atoms with E-state index in [0.29, 0.717) is 11.4 Å². The van der Waals surface area contributed by atoms with Crippen LogP contribution in [0.3, 0.4) is 0 Å². The zero-order valence-corrected chi connectivity index (χ0v) is 13.5. The quantitative estimate of drug-likeness (QED) is 0.714. The van der Waals surface area contributed by atoms with Crippen molar-refractivity contribution in [1.82, 2.24) is 16.0 Å². The van der Waals surface area contributed by atoms with Crippen LogP contribution < -0.4 is 16.0 Å². The van der Waals surface area contributed by atoms with Crippen LogP contribution in [-0.2, 0) is 4.79 Å². The molecule has 1 aliphatic heterocycles. The Labute approximate surface area is 134 Å². The smallest absolute Gasteiger partial charge is 0.261 e. The van der Waals surface area contributed by atoms with Crippen molar-refractivity contribution in [3.8, 4) is 0 Å². The first-order valence-electron chi connectivity index (χ1n) is 6.67. The molecule has 2 rings (SSSR count). The topological polar surface area (TPSA) is 70.2 Å². The minimum atomic E-state index is -0.535. The van der Waals surface area contributed by atoms with Crippen LogP contribution in [0.1, 0.15) is 23.0 Å². The Hall–Kier alpha value is -1.37. The van der Waals surface area contributed by atoms with E-state index in [0.717, 1.165) is 19.5 Å². The van der Waals surface area contributed by atoms with Gasteiger partial charge < -0.3 is 16.0 Å². The fraction of sp³-hybridized carbons (Fsp3) is 0.429. The summed E-state index contributed by atoms with van der Waals surface area (Å²) in [5, 5.41) is 10.6. The molecule has 7 heteroatoms. The summed E-state index contributed by atoms with van der Waals surface area (Å²) in [6.45, 7) is 4.06. The second kappa shape index (κ2) is 8.81. The molecule has 1 aromatic rings. The molecule has 0 spiro atoms. The Morgan fingerprint density at radius 2 is 2.29 bits per heavy atom. The van der Waals surface area contributed by atoms with Crippen LogP contribution in [0, 0.1) is 0 Å². The molecule has 1 atom stereocenters. The van der Waals surface area contributed by atoms with Gasteiger partial charge in [0.25, 0.3) is 5.91 Å². The lowest BCUT2D eigenvalue weighted by atomic mass is 10.1. The molecule has 3 N–H and O–H groups in total.